The van der Waals surface area contributed by atoms with Crippen molar-refractivity contribution < 1.29 is 9.59 Å². The van der Waals surface area contributed by atoms with E-state index < -0.39 is 11.5 Å². The Morgan fingerprint density at radius 2 is 1.85 bits per heavy atom. The van der Waals surface area contributed by atoms with Crippen LogP contribution in [-0.2, 0) is 6.54 Å². The molecule has 5 N–H and O–H groups in total. The number of fused-ring (bicyclic) bond motifs is 1. The van der Waals surface area contributed by atoms with Crippen LogP contribution in [0, 0.1) is 0 Å². The fourth-order valence-corrected chi connectivity index (χ4v) is 4.64. The van der Waals surface area contributed by atoms with E-state index in [2.05, 4.69) is 36.2 Å². The average Bonchev–Trinajstić information content (AvgIpc) is 2.93. The van der Waals surface area contributed by atoms with Crippen LogP contribution in [0.3, 0.4) is 0 Å². The first-order valence-electron chi connectivity index (χ1n) is 12.4. The number of halogens is 2. The number of H-pyrrole nitrogens is 1. The second-order valence-electron chi connectivity index (χ2n) is 9.14. The Hall–Kier alpha value is -3.99. The largest absolute Gasteiger partial charge is 0.351 e. The molecule has 0 saturated carbocycles. The summed E-state index contributed by atoms with van der Waals surface area (Å²) in [5, 5.41) is 13.3. The first-order valence-corrected chi connectivity index (χ1v) is 13.1. The molecule has 5 rings (SSSR count). The number of aromatic nitrogens is 3. The van der Waals surface area contributed by atoms with Gasteiger partial charge in [0.15, 0.2) is 0 Å². The van der Waals surface area contributed by atoms with Gasteiger partial charge in [-0.1, -0.05) is 35.3 Å². The molecule has 2 aromatic carbocycles. The highest BCUT2D eigenvalue weighted by atomic mass is 35.5. The van der Waals surface area contributed by atoms with Crippen LogP contribution >= 0.6 is 23.2 Å². The standard InChI is InChI=1S/C27H25Cl2N7O3/c28-18-3-1-2-15(10-18)13-31-24(37)16-4-5-21(29)22(12-16)34-25(38)20-11-17-14-32-27(36-23(17)35-26(20)39)33-19-6-8-30-9-7-19/h1-5,10-12,14,19,30H,6-9,13H2,(H,31,37)(H,34,38)(H2,32,33,35,36,39). The molecule has 0 bridgehead atoms. The molecule has 0 atom stereocenters. The molecular formula is C27H25Cl2N7O3. The summed E-state index contributed by atoms with van der Waals surface area (Å²) in [6, 6.07) is 13.3. The lowest BCUT2D eigenvalue weighted by Crippen LogP contribution is -2.35. The summed E-state index contributed by atoms with van der Waals surface area (Å²) in [4.78, 5) is 49.9. The summed E-state index contributed by atoms with van der Waals surface area (Å²) in [5.74, 6) is -0.635. The van der Waals surface area contributed by atoms with E-state index in [1.165, 1.54) is 18.2 Å². The van der Waals surface area contributed by atoms with Gasteiger partial charge in [-0.2, -0.15) is 4.98 Å². The summed E-state index contributed by atoms with van der Waals surface area (Å²) in [7, 11) is 0. The summed E-state index contributed by atoms with van der Waals surface area (Å²) in [6.45, 7) is 2.11. The number of piperidine rings is 1. The van der Waals surface area contributed by atoms with E-state index in [0.29, 0.717) is 22.0 Å². The number of anilines is 2. The number of rotatable bonds is 7. The van der Waals surface area contributed by atoms with Gasteiger partial charge in [-0.15, -0.1) is 0 Å². The number of aromatic amines is 1. The van der Waals surface area contributed by atoms with Crippen LogP contribution < -0.4 is 26.8 Å². The van der Waals surface area contributed by atoms with E-state index in [1.54, 1.807) is 30.5 Å². The first kappa shape index (κ1) is 26.6. The number of carbonyl (C=O) groups is 2. The molecule has 2 aromatic heterocycles. The predicted octanol–water partition coefficient (Wildman–Crippen LogP) is 3.97. The molecular weight excluding hydrogens is 541 g/mol. The number of nitrogens with zero attached hydrogens (tertiary/aromatic N) is 2. The molecule has 1 fully saturated rings. The second-order valence-corrected chi connectivity index (χ2v) is 9.98. The molecule has 200 valence electrons. The van der Waals surface area contributed by atoms with E-state index in [4.69, 9.17) is 23.2 Å². The minimum atomic E-state index is -0.687. The Kier molecular flexibility index (Phi) is 8.06. The van der Waals surface area contributed by atoms with Gasteiger partial charge in [0.2, 0.25) is 5.95 Å². The predicted molar refractivity (Wildman–Crippen MR) is 152 cm³/mol. The molecule has 3 heterocycles. The average molecular weight is 566 g/mol. The minimum Gasteiger partial charge on any atom is -0.351 e. The number of hydrogen-bond acceptors (Lipinski definition) is 7. The Morgan fingerprint density at radius 1 is 1.03 bits per heavy atom. The fraction of sp³-hybridized carbons (Fsp3) is 0.222. The van der Waals surface area contributed by atoms with Crippen LogP contribution in [0.2, 0.25) is 10.0 Å². The van der Waals surface area contributed by atoms with Crippen LogP contribution in [-0.4, -0.2) is 45.9 Å². The highest BCUT2D eigenvalue weighted by Crippen LogP contribution is 2.24. The number of amides is 2. The second kappa shape index (κ2) is 11.8. The smallest absolute Gasteiger partial charge is 0.262 e. The van der Waals surface area contributed by atoms with Crippen LogP contribution in [0.1, 0.15) is 39.1 Å². The highest BCUT2D eigenvalue weighted by molar-refractivity contribution is 6.34. The molecule has 0 unspecified atom stereocenters. The van der Waals surface area contributed by atoms with Crippen LogP contribution in [0.5, 0.6) is 0 Å². The van der Waals surface area contributed by atoms with Gasteiger partial charge in [-0.05, 0) is 67.9 Å². The van der Waals surface area contributed by atoms with Crippen LogP contribution in [0.25, 0.3) is 11.0 Å². The van der Waals surface area contributed by atoms with Crippen molar-refractivity contribution in [3.05, 3.63) is 91.8 Å². The van der Waals surface area contributed by atoms with E-state index in [9.17, 15) is 14.4 Å². The van der Waals surface area contributed by atoms with Crippen LogP contribution in [0.4, 0.5) is 11.6 Å². The summed E-state index contributed by atoms with van der Waals surface area (Å²) < 4.78 is 0. The first-order chi connectivity index (χ1) is 18.9. The third-order valence-electron chi connectivity index (χ3n) is 6.33. The number of benzene rings is 2. The summed E-state index contributed by atoms with van der Waals surface area (Å²) in [6.07, 6.45) is 3.45. The molecule has 39 heavy (non-hydrogen) atoms. The maximum absolute atomic E-state index is 13.0. The molecule has 1 aliphatic rings. The third kappa shape index (κ3) is 6.54. The van der Waals surface area contributed by atoms with Crippen molar-refractivity contribution in [2.24, 2.45) is 0 Å². The van der Waals surface area contributed by atoms with Gasteiger partial charge < -0.3 is 26.3 Å². The highest BCUT2D eigenvalue weighted by Gasteiger charge is 2.18. The normalized spacial score (nSPS) is 13.7. The molecule has 0 spiro atoms. The maximum Gasteiger partial charge on any atom is 0.262 e. The summed E-state index contributed by atoms with van der Waals surface area (Å²) in [5.41, 5.74) is 0.877. The Morgan fingerprint density at radius 3 is 2.64 bits per heavy atom. The quantitative estimate of drug-likeness (QED) is 0.228. The number of pyridine rings is 1. The van der Waals surface area contributed by atoms with Crippen molar-refractivity contribution in [1.82, 2.24) is 25.6 Å². The number of carbonyl (C=O) groups excluding carboxylic acids is 2. The lowest BCUT2D eigenvalue weighted by molar-refractivity contribution is 0.0949. The Bertz CT molecular complexity index is 1600. The van der Waals surface area contributed by atoms with Gasteiger partial charge >= 0.3 is 0 Å². The zero-order valence-corrected chi connectivity index (χ0v) is 22.2. The van der Waals surface area contributed by atoms with Crippen molar-refractivity contribution >= 4 is 57.7 Å². The molecule has 0 aliphatic carbocycles. The van der Waals surface area contributed by atoms with Crippen molar-refractivity contribution in [3.63, 3.8) is 0 Å². The number of hydrogen-bond donors (Lipinski definition) is 5. The van der Waals surface area contributed by atoms with E-state index in [0.717, 1.165) is 31.5 Å². The van der Waals surface area contributed by atoms with E-state index >= 15 is 0 Å². The molecule has 0 radical (unpaired) electrons. The van der Waals surface area contributed by atoms with Crippen molar-refractivity contribution in [1.29, 1.82) is 0 Å². The molecule has 10 nitrogen and oxygen atoms in total. The summed E-state index contributed by atoms with van der Waals surface area (Å²) >= 11 is 12.3. The zero-order chi connectivity index (χ0) is 27.4. The molecule has 1 aliphatic heterocycles. The van der Waals surface area contributed by atoms with Crippen molar-refractivity contribution in [2.75, 3.05) is 23.7 Å². The lowest BCUT2D eigenvalue weighted by atomic mass is 10.1. The molecule has 12 heteroatoms. The van der Waals surface area contributed by atoms with Gasteiger partial charge in [0, 0.05) is 34.8 Å². The third-order valence-corrected chi connectivity index (χ3v) is 6.89. The van der Waals surface area contributed by atoms with Gasteiger partial charge in [0.1, 0.15) is 11.2 Å². The van der Waals surface area contributed by atoms with Gasteiger partial charge in [0.25, 0.3) is 17.4 Å². The molecule has 1 saturated heterocycles. The van der Waals surface area contributed by atoms with E-state index in [-0.39, 0.29) is 40.3 Å². The fourth-order valence-electron chi connectivity index (χ4n) is 4.26. The lowest BCUT2D eigenvalue weighted by Gasteiger charge is -2.23. The van der Waals surface area contributed by atoms with Crippen LogP contribution in [0.15, 0.2) is 59.5 Å². The van der Waals surface area contributed by atoms with Gasteiger partial charge in [0.05, 0.1) is 10.7 Å². The number of nitrogens with one attached hydrogen (secondary N) is 5. The molecule has 4 aromatic rings. The monoisotopic (exact) mass is 565 g/mol. The van der Waals surface area contributed by atoms with Gasteiger partial charge in [-0.25, -0.2) is 4.98 Å². The van der Waals surface area contributed by atoms with Crippen molar-refractivity contribution in [2.45, 2.75) is 25.4 Å². The maximum atomic E-state index is 13.0. The molecule has 2 amide bonds. The SMILES string of the molecule is O=C(NCc1cccc(Cl)c1)c1ccc(Cl)c(NC(=O)c2cc3cnc(NC4CCNCC4)nc3[nH]c2=O)c1. The zero-order valence-electron chi connectivity index (χ0n) is 20.7. The van der Waals surface area contributed by atoms with Crippen molar-refractivity contribution in [3.8, 4) is 0 Å². The Labute approximate surface area is 233 Å². The van der Waals surface area contributed by atoms with E-state index in [1.807, 2.05) is 6.07 Å². The Balaban J connectivity index is 1.29. The minimum absolute atomic E-state index is 0.142. The topological polar surface area (TPSA) is 141 Å². The van der Waals surface area contributed by atoms with Gasteiger partial charge in [-0.3, -0.25) is 14.4 Å².